The van der Waals surface area contributed by atoms with Crippen molar-refractivity contribution in [1.29, 1.82) is 0 Å². The highest BCUT2D eigenvalue weighted by molar-refractivity contribution is 9.10. The van der Waals surface area contributed by atoms with Crippen LogP contribution in [0.1, 0.15) is 38.1 Å². The summed E-state index contributed by atoms with van der Waals surface area (Å²) in [6, 6.07) is 5.69. The highest BCUT2D eigenvalue weighted by atomic mass is 79.9. The van der Waals surface area contributed by atoms with E-state index in [9.17, 15) is 0 Å². The van der Waals surface area contributed by atoms with Crippen LogP contribution in [-0.4, -0.2) is 4.98 Å². The van der Waals surface area contributed by atoms with Crippen LogP contribution in [0.3, 0.4) is 0 Å². The van der Waals surface area contributed by atoms with Crippen LogP contribution in [0.5, 0.6) is 0 Å². The first-order valence-electron chi connectivity index (χ1n) is 5.52. The Hall–Kier alpha value is -0.870. The van der Waals surface area contributed by atoms with Gasteiger partial charge in [-0.25, -0.2) is 4.98 Å². The van der Waals surface area contributed by atoms with E-state index in [4.69, 9.17) is 10.2 Å². The van der Waals surface area contributed by atoms with Crippen molar-refractivity contribution >= 4 is 27.0 Å². The maximum Gasteiger partial charge on any atom is 0.212 e. The Morgan fingerprint density at radius 2 is 2.31 bits per heavy atom. The number of benzene rings is 1. The Labute approximate surface area is 103 Å². The third-order valence-corrected chi connectivity index (χ3v) is 3.05. The van der Waals surface area contributed by atoms with Crippen molar-refractivity contribution in [2.75, 3.05) is 0 Å². The summed E-state index contributed by atoms with van der Waals surface area (Å²) in [7, 11) is 0. The summed E-state index contributed by atoms with van der Waals surface area (Å²) < 4.78 is 6.63. The van der Waals surface area contributed by atoms with Crippen LogP contribution in [0.2, 0.25) is 0 Å². The Balaban J connectivity index is 2.25. The lowest BCUT2D eigenvalue weighted by atomic mass is 10.1. The molecule has 2 N–H and O–H groups in total. The molecule has 0 amide bonds. The fourth-order valence-corrected chi connectivity index (χ4v) is 1.97. The molecule has 1 atom stereocenters. The first kappa shape index (κ1) is 11.6. The first-order chi connectivity index (χ1) is 7.70. The molecule has 1 unspecified atom stereocenters. The molecular weight excluding hydrogens is 268 g/mol. The Bertz CT molecular complexity index is 481. The third-order valence-electron chi connectivity index (χ3n) is 2.55. The summed E-state index contributed by atoms with van der Waals surface area (Å²) in [5.41, 5.74) is 7.67. The highest BCUT2D eigenvalue weighted by Gasteiger charge is 2.13. The molecule has 0 bridgehead atoms. The second kappa shape index (κ2) is 4.97. The monoisotopic (exact) mass is 282 g/mol. The van der Waals surface area contributed by atoms with Crippen molar-refractivity contribution in [3.63, 3.8) is 0 Å². The van der Waals surface area contributed by atoms with Gasteiger partial charge >= 0.3 is 0 Å². The van der Waals surface area contributed by atoms with E-state index in [-0.39, 0.29) is 6.04 Å². The molecule has 3 nitrogen and oxygen atoms in total. The number of hydrogen-bond acceptors (Lipinski definition) is 3. The van der Waals surface area contributed by atoms with Crippen molar-refractivity contribution in [2.45, 2.75) is 32.2 Å². The van der Waals surface area contributed by atoms with Gasteiger partial charge in [-0.3, -0.25) is 0 Å². The van der Waals surface area contributed by atoms with Gasteiger partial charge in [0.05, 0.1) is 6.04 Å². The Morgan fingerprint density at radius 1 is 1.50 bits per heavy atom. The first-order valence-corrected chi connectivity index (χ1v) is 6.31. The van der Waals surface area contributed by atoms with Crippen LogP contribution < -0.4 is 5.73 Å². The van der Waals surface area contributed by atoms with Crippen molar-refractivity contribution < 1.29 is 4.42 Å². The quantitative estimate of drug-likeness (QED) is 0.929. The van der Waals surface area contributed by atoms with Gasteiger partial charge in [-0.2, -0.15) is 0 Å². The van der Waals surface area contributed by atoms with E-state index in [1.165, 1.54) is 0 Å². The summed E-state index contributed by atoms with van der Waals surface area (Å²) in [6.07, 6.45) is 3.16. The van der Waals surface area contributed by atoms with Gasteiger partial charge in [0, 0.05) is 4.47 Å². The largest absolute Gasteiger partial charge is 0.439 e. The van der Waals surface area contributed by atoms with Gasteiger partial charge < -0.3 is 10.2 Å². The van der Waals surface area contributed by atoms with Gasteiger partial charge in [0.25, 0.3) is 0 Å². The van der Waals surface area contributed by atoms with E-state index in [0.29, 0.717) is 5.89 Å². The molecule has 0 fully saturated rings. The summed E-state index contributed by atoms with van der Waals surface area (Å²) >= 11 is 3.41. The maximum atomic E-state index is 6.02. The zero-order chi connectivity index (χ0) is 11.5. The molecule has 0 radical (unpaired) electrons. The average Bonchev–Trinajstić information content (AvgIpc) is 2.68. The number of oxazole rings is 1. The second-order valence-corrected chi connectivity index (χ2v) is 4.83. The highest BCUT2D eigenvalue weighted by Crippen LogP contribution is 2.24. The van der Waals surface area contributed by atoms with Gasteiger partial charge in [-0.1, -0.05) is 35.7 Å². The normalized spacial score (nSPS) is 13.2. The molecule has 2 aromatic rings. The average molecular weight is 283 g/mol. The van der Waals surface area contributed by atoms with Crippen LogP contribution in [-0.2, 0) is 0 Å². The number of aromatic nitrogens is 1. The molecule has 0 spiro atoms. The van der Waals surface area contributed by atoms with Crippen molar-refractivity contribution in [3.8, 4) is 0 Å². The van der Waals surface area contributed by atoms with E-state index in [0.717, 1.165) is 34.8 Å². The van der Waals surface area contributed by atoms with Crippen molar-refractivity contribution in [3.05, 3.63) is 28.6 Å². The predicted molar refractivity (Wildman–Crippen MR) is 68.2 cm³/mol. The number of nitrogens with two attached hydrogens (primary N) is 1. The molecule has 0 aliphatic heterocycles. The SMILES string of the molecule is CCCCC(N)c1nc2cc(Br)ccc2o1. The third kappa shape index (κ3) is 2.44. The molecule has 2 rings (SSSR count). The van der Waals surface area contributed by atoms with E-state index >= 15 is 0 Å². The molecule has 0 aliphatic rings. The summed E-state index contributed by atoms with van der Waals surface area (Å²) in [6.45, 7) is 2.15. The number of halogens is 1. The Morgan fingerprint density at radius 3 is 3.06 bits per heavy atom. The van der Waals surface area contributed by atoms with E-state index < -0.39 is 0 Å². The van der Waals surface area contributed by atoms with Crippen LogP contribution >= 0.6 is 15.9 Å². The lowest BCUT2D eigenvalue weighted by Gasteiger charge is -2.04. The minimum Gasteiger partial charge on any atom is -0.439 e. The molecule has 86 valence electrons. The summed E-state index contributed by atoms with van der Waals surface area (Å²) in [5.74, 6) is 0.640. The molecule has 1 aromatic carbocycles. The van der Waals surface area contributed by atoms with Crippen molar-refractivity contribution in [1.82, 2.24) is 4.98 Å². The number of unbranched alkanes of at least 4 members (excludes halogenated alkanes) is 1. The Kier molecular flexibility index (Phi) is 3.61. The van der Waals surface area contributed by atoms with E-state index in [1.807, 2.05) is 18.2 Å². The van der Waals surface area contributed by atoms with Gasteiger partial charge in [-0.05, 0) is 24.6 Å². The number of hydrogen-bond donors (Lipinski definition) is 1. The molecule has 1 heterocycles. The molecule has 16 heavy (non-hydrogen) atoms. The van der Waals surface area contributed by atoms with Crippen LogP contribution in [0.4, 0.5) is 0 Å². The standard InChI is InChI=1S/C12H15BrN2O/c1-2-3-4-9(14)12-15-10-7-8(13)5-6-11(10)16-12/h5-7,9H,2-4,14H2,1H3. The van der Waals surface area contributed by atoms with Crippen LogP contribution in [0.25, 0.3) is 11.1 Å². The van der Waals surface area contributed by atoms with Gasteiger partial charge in [0.2, 0.25) is 5.89 Å². The predicted octanol–water partition coefficient (Wildman–Crippen LogP) is 3.78. The van der Waals surface area contributed by atoms with Gasteiger partial charge in [0.1, 0.15) is 5.52 Å². The minimum atomic E-state index is -0.0916. The second-order valence-electron chi connectivity index (χ2n) is 3.91. The summed E-state index contributed by atoms with van der Waals surface area (Å²) in [4.78, 5) is 4.40. The fourth-order valence-electron chi connectivity index (χ4n) is 1.62. The molecule has 0 aliphatic carbocycles. The molecule has 1 aromatic heterocycles. The lowest BCUT2D eigenvalue weighted by molar-refractivity contribution is 0.450. The smallest absolute Gasteiger partial charge is 0.212 e. The summed E-state index contributed by atoms with van der Waals surface area (Å²) in [5, 5.41) is 0. The fraction of sp³-hybridized carbons (Fsp3) is 0.417. The zero-order valence-electron chi connectivity index (χ0n) is 9.24. The minimum absolute atomic E-state index is 0.0916. The van der Waals surface area contributed by atoms with Crippen LogP contribution in [0, 0.1) is 0 Å². The van der Waals surface area contributed by atoms with Crippen LogP contribution in [0.15, 0.2) is 27.1 Å². The van der Waals surface area contributed by atoms with Crippen molar-refractivity contribution in [2.24, 2.45) is 5.73 Å². The molecular formula is C12H15BrN2O. The number of rotatable bonds is 4. The number of fused-ring (bicyclic) bond motifs is 1. The molecule has 4 heteroatoms. The van der Waals surface area contributed by atoms with Gasteiger partial charge in [-0.15, -0.1) is 0 Å². The lowest BCUT2D eigenvalue weighted by Crippen LogP contribution is -2.10. The maximum absolute atomic E-state index is 6.02. The molecule has 0 saturated heterocycles. The number of nitrogens with zero attached hydrogens (tertiary/aromatic N) is 1. The molecule has 0 saturated carbocycles. The van der Waals surface area contributed by atoms with E-state index in [1.54, 1.807) is 0 Å². The van der Waals surface area contributed by atoms with Gasteiger partial charge in [0.15, 0.2) is 5.58 Å². The van der Waals surface area contributed by atoms with E-state index in [2.05, 4.69) is 27.8 Å². The zero-order valence-corrected chi connectivity index (χ0v) is 10.8. The topological polar surface area (TPSA) is 52.0 Å².